The minimum absolute atomic E-state index is 0.0843. The highest BCUT2D eigenvalue weighted by atomic mass is 16.5. The summed E-state index contributed by atoms with van der Waals surface area (Å²) in [6.45, 7) is 3.50. The number of pyridine rings is 1. The topological polar surface area (TPSA) is 95.0 Å². The van der Waals surface area contributed by atoms with Crippen molar-refractivity contribution in [1.82, 2.24) is 14.8 Å². The van der Waals surface area contributed by atoms with Crippen LogP contribution in [0.1, 0.15) is 54.1 Å². The number of aryl methyl sites for hydroxylation is 2. The van der Waals surface area contributed by atoms with Gasteiger partial charge in [-0.3, -0.25) is 4.79 Å². The summed E-state index contributed by atoms with van der Waals surface area (Å²) in [6, 6.07) is 9.53. The van der Waals surface area contributed by atoms with E-state index in [-0.39, 0.29) is 12.5 Å². The number of nitrogens with one attached hydrogen (secondary N) is 1. The zero-order valence-electron chi connectivity index (χ0n) is 19.5. The SMILES string of the molecule is O=C(O)CC(c1ccc2c(c1)OCC2)N1CCCN(CCCc2ccc3c(n2)NCCC3)C1=O. The van der Waals surface area contributed by atoms with Crippen LogP contribution in [-0.2, 0) is 24.1 Å². The minimum atomic E-state index is -0.913. The number of carboxylic acids is 1. The first-order chi connectivity index (χ1) is 16.6. The summed E-state index contributed by atoms with van der Waals surface area (Å²) in [7, 11) is 0. The highest BCUT2D eigenvalue weighted by Crippen LogP contribution is 2.34. The molecule has 0 bridgehead atoms. The maximum Gasteiger partial charge on any atom is 0.320 e. The van der Waals surface area contributed by atoms with Crippen molar-refractivity contribution in [2.24, 2.45) is 0 Å². The molecule has 0 spiro atoms. The number of aromatic nitrogens is 1. The van der Waals surface area contributed by atoms with E-state index in [1.807, 2.05) is 23.1 Å². The second kappa shape index (κ2) is 9.91. The monoisotopic (exact) mass is 464 g/mol. The van der Waals surface area contributed by atoms with E-state index in [2.05, 4.69) is 17.4 Å². The number of ether oxygens (including phenoxy) is 1. The molecule has 8 heteroatoms. The molecule has 1 atom stereocenters. The van der Waals surface area contributed by atoms with E-state index in [1.165, 1.54) is 5.56 Å². The van der Waals surface area contributed by atoms with Gasteiger partial charge in [0.2, 0.25) is 0 Å². The van der Waals surface area contributed by atoms with Crippen LogP contribution in [0.25, 0.3) is 0 Å². The number of hydrogen-bond donors (Lipinski definition) is 2. The zero-order valence-corrected chi connectivity index (χ0v) is 19.5. The maximum atomic E-state index is 13.4. The van der Waals surface area contributed by atoms with Crippen molar-refractivity contribution in [3.63, 3.8) is 0 Å². The average Bonchev–Trinajstić information content (AvgIpc) is 3.32. The second-order valence-electron chi connectivity index (χ2n) is 9.34. The van der Waals surface area contributed by atoms with Crippen molar-refractivity contribution < 1.29 is 19.4 Å². The smallest absolute Gasteiger partial charge is 0.320 e. The fourth-order valence-corrected chi connectivity index (χ4v) is 5.22. The summed E-state index contributed by atoms with van der Waals surface area (Å²) in [5.74, 6) is 0.892. The van der Waals surface area contributed by atoms with Crippen molar-refractivity contribution in [3.8, 4) is 5.75 Å². The molecule has 2 N–H and O–H groups in total. The van der Waals surface area contributed by atoms with Crippen LogP contribution in [0.2, 0.25) is 0 Å². The Bertz CT molecular complexity index is 1070. The Kier molecular flexibility index (Phi) is 6.56. The number of benzene rings is 1. The van der Waals surface area contributed by atoms with Gasteiger partial charge in [0.1, 0.15) is 11.6 Å². The third-order valence-corrected chi connectivity index (χ3v) is 7.01. The molecule has 180 valence electrons. The lowest BCUT2D eigenvalue weighted by Gasteiger charge is -2.40. The van der Waals surface area contributed by atoms with Crippen molar-refractivity contribution in [2.45, 2.75) is 51.0 Å². The van der Waals surface area contributed by atoms with Crippen LogP contribution < -0.4 is 10.1 Å². The van der Waals surface area contributed by atoms with Crippen molar-refractivity contribution in [3.05, 3.63) is 52.7 Å². The number of carbonyl (C=O) groups is 2. The van der Waals surface area contributed by atoms with E-state index < -0.39 is 12.0 Å². The number of hydrogen-bond acceptors (Lipinski definition) is 5. The van der Waals surface area contributed by atoms with E-state index in [1.54, 1.807) is 4.90 Å². The standard InChI is InChI=1S/C26H32N4O4/c31-24(32)17-22(20-7-6-18-10-15-34-23(18)16-20)30-14-3-13-29(26(30)33)12-2-5-21-9-8-19-4-1-11-27-25(19)28-21/h6-9,16,22H,1-5,10-15,17H2,(H,27,28)(H,31,32). The van der Waals surface area contributed by atoms with Gasteiger partial charge in [-0.05, 0) is 60.9 Å². The predicted molar refractivity (Wildman–Crippen MR) is 128 cm³/mol. The van der Waals surface area contributed by atoms with Gasteiger partial charge in [0.15, 0.2) is 0 Å². The third-order valence-electron chi connectivity index (χ3n) is 7.01. The number of anilines is 1. The Labute approximate surface area is 199 Å². The van der Waals surface area contributed by atoms with Crippen LogP contribution in [0.15, 0.2) is 30.3 Å². The zero-order chi connectivity index (χ0) is 23.5. The Morgan fingerprint density at radius 2 is 2.03 bits per heavy atom. The van der Waals surface area contributed by atoms with Crippen LogP contribution in [-0.4, -0.2) is 64.7 Å². The Balaban J connectivity index is 1.24. The molecule has 8 nitrogen and oxygen atoms in total. The number of rotatable bonds is 8. The largest absolute Gasteiger partial charge is 0.493 e. The van der Waals surface area contributed by atoms with Crippen LogP contribution in [0.5, 0.6) is 5.75 Å². The summed E-state index contributed by atoms with van der Waals surface area (Å²) in [4.78, 5) is 33.4. The van der Waals surface area contributed by atoms with Gasteiger partial charge >= 0.3 is 12.0 Å². The number of urea groups is 1. The molecular weight excluding hydrogens is 432 g/mol. The van der Waals surface area contributed by atoms with E-state index in [0.717, 1.165) is 73.5 Å². The lowest BCUT2D eigenvalue weighted by atomic mass is 9.98. The number of nitrogens with zero attached hydrogens (tertiary/aromatic N) is 3. The number of carboxylic acid groups (broad SMARTS) is 1. The van der Waals surface area contributed by atoms with Crippen LogP contribution in [0, 0.1) is 0 Å². The summed E-state index contributed by atoms with van der Waals surface area (Å²) < 4.78 is 5.69. The summed E-state index contributed by atoms with van der Waals surface area (Å²) in [6.07, 6.45) is 5.41. The molecule has 5 rings (SSSR count). The molecule has 4 heterocycles. The summed E-state index contributed by atoms with van der Waals surface area (Å²) in [5.41, 5.74) is 4.27. The lowest BCUT2D eigenvalue weighted by Crippen LogP contribution is -2.51. The molecular formula is C26H32N4O4. The van der Waals surface area contributed by atoms with Gasteiger partial charge in [-0.25, -0.2) is 9.78 Å². The molecule has 1 unspecified atom stereocenters. The number of amides is 2. The molecule has 1 aromatic heterocycles. The molecule has 0 radical (unpaired) electrons. The molecule has 34 heavy (non-hydrogen) atoms. The Morgan fingerprint density at radius 1 is 1.15 bits per heavy atom. The number of aliphatic carboxylic acids is 1. The Morgan fingerprint density at radius 3 is 2.91 bits per heavy atom. The summed E-state index contributed by atoms with van der Waals surface area (Å²) in [5, 5.41) is 13.0. The molecule has 1 fully saturated rings. The fraction of sp³-hybridized carbons (Fsp3) is 0.500. The lowest BCUT2D eigenvalue weighted by molar-refractivity contribution is -0.138. The van der Waals surface area contributed by atoms with E-state index in [9.17, 15) is 14.7 Å². The highest BCUT2D eigenvalue weighted by molar-refractivity contribution is 5.77. The molecule has 3 aliphatic rings. The van der Waals surface area contributed by atoms with E-state index in [0.29, 0.717) is 26.2 Å². The highest BCUT2D eigenvalue weighted by Gasteiger charge is 2.33. The molecule has 1 saturated heterocycles. The first-order valence-corrected chi connectivity index (χ1v) is 12.3. The van der Waals surface area contributed by atoms with Gasteiger partial charge in [0.05, 0.1) is 19.1 Å². The van der Waals surface area contributed by atoms with Gasteiger partial charge < -0.3 is 25.0 Å². The molecule has 0 saturated carbocycles. The van der Waals surface area contributed by atoms with Crippen LogP contribution >= 0.6 is 0 Å². The van der Waals surface area contributed by atoms with Gasteiger partial charge in [-0.2, -0.15) is 0 Å². The summed E-state index contributed by atoms with van der Waals surface area (Å²) >= 11 is 0. The van der Waals surface area contributed by atoms with Crippen LogP contribution in [0.4, 0.5) is 10.6 Å². The van der Waals surface area contributed by atoms with Crippen molar-refractivity contribution >= 4 is 17.8 Å². The molecule has 2 aromatic rings. The van der Waals surface area contributed by atoms with Gasteiger partial charge in [-0.1, -0.05) is 18.2 Å². The normalized spacial score (nSPS) is 18.1. The Hall–Kier alpha value is -3.29. The van der Waals surface area contributed by atoms with Crippen LogP contribution in [0.3, 0.4) is 0 Å². The molecule has 3 aliphatic heterocycles. The number of fused-ring (bicyclic) bond motifs is 2. The first-order valence-electron chi connectivity index (χ1n) is 12.3. The van der Waals surface area contributed by atoms with Gasteiger partial charge in [0, 0.05) is 38.3 Å². The predicted octanol–water partition coefficient (Wildman–Crippen LogP) is 3.65. The number of carbonyl (C=O) groups excluding carboxylic acids is 1. The third kappa shape index (κ3) is 4.81. The molecule has 2 amide bonds. The quantitative estimate of drug-likeness (QED) is 0.619. The average molecular weight is 465 g/mol. The van der Waals surface area contributed by atoms with Gasteiger partial charge in [0.25, 0.3) is 0 Å². The van der Waals surface area contributed by atoms with E-state index in [4.69, 9.17) is 9.72 Å². The molecule has 0 aliphatic carbocycles. The van der Waals surface area contributed by atoms with Gasteiger partial charge in [-0.15, -0.1) is 0 Å². The van der Waals surface area contributed by atoms with Crippen molar-refractivity contribution in [1.29, 1.82) is 0 Å². The molecule has 1 aromatic carbocycles. The minimum Gasteiger partial charge on any atom is -0.493 e. The van der Waals surface area contributed by atoms with E-state index >= 15 is 0 Å². The second-order valence-corrected chi connectivity index (χ2v) is 9.34. The first kappa shape index (κ1) is 22.5. The maximum absolute atomic E-state index is 13.4. The fourth-order valence-electron chi connectivity index (χ4n) is 5.22. The van der Waals surface area contributed by atoms with Crippen molar-refractivity contribution in [2.75, 3.05) is 38.1 Å².